The van der Waals surface area contributed by atoms with E-state index in [1.54, 1.807) is 0 Å². The maximum atomic E-state index is 10.8. The van der Waals surface area contributed by atoms with E-state index in [1.165, 1.54) is 11.1 Å². The summed E-state index contributed by atoms with van der Waals surface area (Å²) in [5.74, 6) is -0.785. The molecule has 0 amide bonds. The highest BCUT2D eigenvalue weighted by Gasteiger charge is 2.07. The zero-order chi connectivity index (χ0) is 13.0. The fraction of sp³-hybridized carbons (Fsp3) is 0.188. The second-order valence-corrected chi connectivity index (χ2v) is 4.44. The number of carboxylic acids is 1. The zero-order valence-corrected chi connectivity index (χ0v) is 10.4. The normalized spacial score (nSPS) is 10.3. The van der Waals surface area contributed by atoms with Crippen molar-refractivity contribution < 1.29 is 9.90 Å². The van der Waals surface area contributed by atoms with Gasteiger partial charge in [-0.15, -0.1) is 0 Å². The van der Waals surface area contributed by atoms with Crippen molar-refractivity contribution in [1.82, 2.24) is 0 Å². The fourth-order valence-corrected chi connectivity index (χ4v) is 2.08. The molecule has 0 heterocycles. The molecule has 0 saturated heterocycles. The molecule has 0 aliphatic heterocycles. The number of carbonyl (C=O) groups is 1. The molecule has 1 N–H and O–H groups in total. The molecule has 2 aromatic rings. The summed E-state index contributed by atoms with van der Waals surface area (Å²) in [7, 11) is 0. The van der Waals surface area contributed by atoms with Crippen LogP contribution in [0.15, 0.2) is 48.5 Å². The first-order chi connectivity index (χ1) is 8.66. The van der Waals surface area contributed by atoms with Crippen LogP contribution in [0.1, 0.15) is 22.3 Å². The number of aryl methyl sites for hydroxylation is 1. The Kier molecular flexibility index (Phi) is 3.78. The van der Waals surface area contributed by atoms with Gasteiger partial charge in [-0.2, -0.15) is 0 Å². The van der Waals surface area contributed by atoms with Crippen molar-refractivity contribution in [2.24, 2.45) is 0 Å². The lowest BCUT2D eigenvalue weighted by Gasteiger charge is -2.09. The van der Waals surface area contributed by atoms with Crippen LogP contribution in [0.5, 0.6) is 0 Å². The van der Waals surface area contributed by atoms with Gasteiger partial charge in [-0.25, -0.2) is 0 Å². The minimum atomic E-state index is -0.785. The van der Waals surface area contributed by atoms with E-state index in [0.717, 1.165) is 17.5 Å². The smallest absolute Gasteiger partial charge is 0.307 e. The van der Waals surface area contributed by atoms with Gasteiger partial charge in [0.25, 0.3) is 0 Å². The molecule has 0 aromatic heterocycles. The van der Waals surface area contributed by atoms with E-state index in [9.17, 15) is 4.79 Å². The van der Waals surface area contributed by atoms with Crippen LogP contribution in [0.4, 0.5) is 0 Å². The lowest BCUT2D eigenvalue weighted by Crippen LogP contribution is -2.04. The molecule has 0 saturated carbocycles. The third-order valence-electron chi connectivity index (χ3n) is 3.10. The highest BCUT2D eigenvalue weighted by molar-refractivity contribution is 5.70. The Morgan fingerprint density at radius 1 is 0.944 bits per heavy atom. The van der Waals surface area contributed by atoms with Crippen molar-refractivity contribution in [2.75, 3.05) is 0 Å². The Balaban J connectivity index is 2.29. The van der Waals surface area contributed by atoms with Crippen LogP contribution in [-0.4, -0.2) is 11.1 Å². The molecule has 2 heteroatoms. The van der Waals surface area contributed by atoms with Gasteiger partial charge in [0, 0.05) is 0 Å². The summed E-state index contributed by atoms with van der Waals surface area (Å²) in [5, 5.41) is 8.91. The number of rotatable bonds is 4. The standard InChI is InChI=1S/C16H16O2/c1-12-6-2-3-7-13(12)10-14-8-4-5-9-15(14)11-16(17)18/h2-9H,10-11H2,1H3,(H,17,18). The van der Waals surface area contributed by atoms with E-state index < -0.39 is 5.97 Å². The summed E-state index contributed by atoms with van der Waals surface area (Å²) in [6.07, 6.45) is 0.873. The first-order valence-electron chi connectivity index (χ1n) is 6.00. The Morgan fingerprint density at radius 3 is 2.11 bits per heavy atom. The zero-order valence-electron chi connectivity index (χ0n) is 10.4. The largest absolute Gasteiger partial charge is 0.481 e. The Hall–Kier alpha value is -2.09. The van der Waals surface area contributed by atoms with Crippen LogP contribution in [0.3, 0.4) is 0 Å². The first kappa shape index (κ1) is 12.4. The summed E-state index contributed by atoms with van der Waals surface area (Å²) < 4.78 is 0. The monoisotopic (exact) mass is 240 g/mol. The van der Waals surface area contributed by atoms with E-state index in [-0.39, 0.29) is 6.42 Å². The van der Waals surface area contributed by atoms with Crippen molar-refractivity contribution in [3.63, 3.8) is 0 Å². The third kappa shape index (κ3) is 2.98. The molecule has 0 fully saturated rings. The minimum absolute atomic E-state index is 0.0854. The quantitative estimate of drug-likeness (QED) is 0.891. The number of benzene rings is 2. The van der Waals surface area contributed by atoms with Gasteiger partial charge in [0.2, 0.25) is 0 Å². The summed E-state index contributed by atoms with van der Waals surface area (Å²) in [6.45, 7) is 2.08. The molecule has 0 atom stereocenters. The predicted octanol–water partition coefficient (Wildman–Crippen LogP) is 3.21. The molecule has 2 nitrogen and oxygen atoms in total. The maximum absolute atomic E-state index is 10.8. The van der Waals surface area contributed by atoms with Crippen molar-refractivity contribution in [1.29, 1.82) is 0 Å². The van der Waals surface area contributed by atoms with Crippen molar-refractivity contribution in [3.05, 3.63) is 70.8 Å². The lowest BCUT2D eigenvalue weighted by atomic mass is 9.96. The van der Waals surface area contributed by atoms with Gasteiger partial charge in [0.15, 0.2) is 0 Å². The van der Waals surface area contributed by atoms with E-state index >= 15 is 0 Å². The van der Waals surface area contributed by atoms with Crippen molar-refractivity contribution >= 4 is 5.97 Å². The molecule has 18 heavy (non-hydrogen) atoms. The molecular formula is C16H16O2. The summed E-state index contributed by atoms with van der Waals surface area (Å²) in [5.41, 5.74) is 4.47. The predicted molar refractivity (Wildman–Crippen MR) is 71.8 cm³/mol. The van der Waals surface area contributed by atoms with Gasteiger partial charge >= 0.3 is 5.97 Å². The van der Waals surface area contributed by atoms with Gasteiger partial charge in [-0.3, -0.25) is 4.79 Å². The highest BCUT2D eigenvalue weighted by Crippen LogP contribution is 2.17. The average molecular weight is 240 g/mol. The molecule has 0 bridgehead atoms. The van der Waals surface area contributed by atoms with Crippen LogP contribution >= 0.6 is 0 Å². The molecule has 92 valence electrons. The average Bonchev–Trinajstić information content (AvgIpc) is 2.34. The molecule has 2 rings (SSSR count). The summed E-state index contributed by atoms with van der Waals surface area (Å²) in [4.78, 5) is 10.8. The van der Waals surface area contributed by atoms with Crippen LogP contribution in [-0.2, 0) is 17.6 Å². The van der Waals surface area contributed by atoms with E-state index in [2.05, 4.69) is 19.1 Å². The fourth-order valence-electron chi connectivity index (χ4n) is 2.08. The van der Waals surface area contributed by atoms with E-state index in [1.807, 2.05) is 36.4 Å². The topological polar surface area (TPSA) is 37.3 Å². The summed E-state index contributed by atoms with van der Waals surface area (Å²) >= 11 is 0. The van der Waals surface area contributed by atoms with Gasteiger partial charge in [0.05, 0.1) is 6.42 Å². The highest BCUT2D eigenvalue weighted by atomic mass is 16.4. The third-order valence-corrected chi connectivity index (χ3v) is 3.10. The second-order valence-electron chi connectivity index (χ2n) is 4.44. The summed E-state index contributed by atoms with van der Waals surface area (Å²) in [6, 6.07) is 15.9. The molecule has 0 spiro atoms. The maximum Gasteiger partial charge on any atom is 0.307 e. The Bertz CT molecular complexity index is 559. The van der Waals surface area contributed by atoms with E-state index in [0.29, 0.717) is 0 Å². The molecule has 0 aliphatic carbocycles. The van der Waals surface area contributed by atoms with Crippen molar-refractivity contribution in [2.45, 2.75) is 19.8 Å². The first-order valence-corrected chi connectivity index (χ1v) is 6.00. The SMILES string of the molecule is Cc1ccccc1Cc1ccccc1CC(=O)O. The molecule has 0 aliphatic rings. The Labute approximate surface area is 107 Å². The van der Waals surface area contributed by atoms with Crippen LogP contribution in [0.25, 0.3) is 0 Å². The molecule has 2 aromatic carbocycles. The van der Waals surface area contributed by atoms with E-state index in [4.69, 9.17) is 5.11 Å². The van der Waals surface area contributed by atoms with Gasteiger partial charge in [-0.05, 0) is 35.6 Å². The van der Waals surface area contributed by atoms with Crippen LogP contribution in [0.2, 0.25) is 0 Å². The number of carboxylic acid groups (broad SMARTS) is 1. The van der Waals surface area contributed by atoms with Gasteiger partial charge in [0.1, 0.15) is 0 Å². The minimum Gasteiger partial charge on any atom is -0.481 e. The number of hydrogen-bond acceptors (Lipinski definition) is 1. The number of hydrogen-bond donors (Lipinski definition) is 1. The molecule has 0 unspecified atom stereocenters. The van der Waals surface area contributed by atoms with Crippen molar-refractivity contribution in [3.8, 4) is 0 Å². The Morgan fingerprint density at radius 2 is 1.50 bits per heavy atom. The second kappa shape index (κ2) is 5.50. The van der Waals surface area contributed by atoms with Gasteiger partial charge < -0.3 is 5.11 Å². The molecule has 0 radical (unpaired) electrons. The lowest BCUT2D eigenvalue weighted by molar-refractivity contribution is -0.136. The van der Waals surface area contributed by atoms with Gasteiger partial charge in [-0.1, -0.05) is 48.5 Å². The molecular weight excluding hydrogens is 224 g/mol. The van der Waals surface area contributed by atoms with Crippen LogP contribution in [0, 0.1) is 6.92 Å². The number of aliphatic carboxylic acids is 1. The van der Waals surface area contributed by atoms with Crippen LogP contribution < -0.4 is 0 Å².